The summed E-state index contributed by atoms with van der Waals surface area (Å²) in [6, 6.07) is 24.8. The van der Waals surface area contributed by atoms with E-state index in [1.54, 1.807) is 38.4 Å². The van der Waals surface area contributed by atoms with Crippen LogP contribution in [0.15, 0.2) is 84.9 Å². The number of para-hydroxylation sites is 1. The Morgan fingerprint density at radius 3 is 2.18 bits per heavy atom. The number of carbonyl (C=O) groups excluding carboxylic acids is 3. The Labute approximate surface area is 199 Å². The SMILES string of the molecule is COc1ccccc1CN(C)C(=O)COC(=O)CC(NC(=O)c1ccccc1)c1ccccc1. The minimum Gasteiger partial charge on any atom is -0.496 e. The van der Waals surface area contributed by atoms with Crippen molar-refractivity contribution in [1.29, 1.82) is 0 Å². The third-order valence-corrected chi connectivity index (χ3v) is 5.30. The highest BCUT2D eigenvalue weighted by atomic mass is 16.5. The van der Waals surface area contributed by atoms with Crippen LogP contribution in [0.2, 0.25) is 0 Å². The van der Waals surface area contributed by atoms with Crippen LogP contribution in [0.5, 0.6) is 5.75 Å². The molecule has 176 valence electrons. The fraction of sp³-hybridized carbons (Fsp3) is 0.222. The topological polar surface area (TPSA) is 84.9 Å². The summed E-state index contributed by atoms with van der Waals surface area (Å²) in [6.45, 7) is -0.0706. The van der Waals surface area contributed by atoms with Gasteiger partial charge in [0, 0.05) is 24.7 Å². The molecule has 0 saturated carbocycles. The summed E-state index contributed by atoms with van der Waals surface area (Å²) in [4.78, 5) is 39.2. The van der Waals surface area contributed by atoms with Gasteiger partial charge in [-0.2, -0.15) is 0 Å². The molecule has 34 heavy (non-hydrogen) atoms. The van der Waals surface area contributed by atoms with Crippen molar-refractivity contribution in [2.75, 3.05) is 20.8 Å². The van der Waals surface area contributed by atoms with Gasteiger partial charge < -0.3 is 19.7 Å². The van der Waals surface area contributed by atoms with Gasteiger partial charge >= 0.3 is 5.97 Å². The summed E-state index contributed by atoms with van der Waals surface area (Å²) in [6.07, 6.45) is -0.105. The molecule has 1 unspecified atom stereocenters. The van der Waals surface area contributed by atoms with Gasteiger partial charge in [0.25, 0.3) is 11.8 Å². The Morgan fingerprint density at radius 1 is 0.882 bits per heavy atom. The minimum absolute atomic E-state index is 0.105. The number of hydrogen-bond donors (Lipinski definition) is 1. The summed E-state index contributed by atoms with van der Waals surface area (Å²) in [5.74, 6) is -0.543. The Hall–Kier alpha value is -4.13. The third kappa shape index (κ3) is 6.93. The Morgan fingerprint density at radius 2 is 1.50 bits per heavy atom. The first kappa shape index (κ1) is 24.5. The maximum Gasteiger partial charge on any atom is 0.308 e. The van der Waals surface area contributed by atoms with Crippen molar-refractivity contribution in [3.8, 4) is 5.75 Å². The summed E-state index contributed by atoms with van der Waals surface area (Å²) in [7, 11) is 3.21. The number of likely N-dealkylation sites (N-methyl/N-ethyl adjacent to an activating group) is 1. The zero-order chi connectivity index (χ0) is 24.3. The summed E-state index contributed by atoms with van der Waals surface area (Å²) in [5, 5.41) is 2.89. The van der Waals surface area contributed by atoms with Gasteiger partial charge in [-0.25, -0.2) is 0 Å². The molecule has 3 aromatic carbocycles. The summed E-state index contributed by atoms with van der Waals surface area (Å²) < 4.78 is 10.6. The molecule has 7 heteroatoms. The number of amides is 2. The highest BCUT2D eigenvalue weighted by molar-refractivity contribution is 5.94. The van der Waals surface area contributed by atoms with E-state index in [9.17, 15) is 14.4 Å². The van der Waals surface area contributed by atoms with Crippen LogP contribution in [0.25, 0.3) is 0 Å². The highest BCUT2D eigenvalue weighted by Crippen LogP contribution is 2.20. The maximum atomic E-state index is 12.7. The predicted octanol–water partition coefficient (Wildman–Crippen LogP) is 3.76. The first-order valence-corrected chi connectivity index (χ1v) is 10.9. The van der Waals surface area contributed by atoms with E-state index in [4.69, 9.17) is 9.47 Å². The van der Waals surface area contributed by atoms with Gasteiger partial charge in [-0.1, -0.05) is 66.7 Å². The molecule has 0 aliphatic rings. The lowest BCUT2D eigenvalue weighted by atomic mass is 10.0. The van der Waals surface area contributed by atoms with Gasteiger partial charge in [-0.15, -0.1) is 0 Å². The molecule has 0 bridgehead atoms. The van der Waals surface area contributed by atoms with E-state index < -0.39 is 18.6 Å². The van der Waals surface area contributed by atoms with Crippen molar-refractivity contribution in [2.45, 2.75) is 19.0 Å². The molecule has 0 fully saturated rings. The van der Waals surface area contributed by atoms with Gasteiger partial charge in [0.1, 0.15) is 5.75 Å². The molecular formula is C27H28N2O5. The second-order valence-electron chi connectivity index (χ2n) is 7.73. The largest absolute Gasteiger partial charge is 0.496 e. The number of carbonyl (C=O) groups is 3. The van der Waals surface area contributed by atoms with Gasteiger partial charge in [-0.3, -0.25) is 14.4 Å². The molecule has 0 aliphatic carbocycles. The van der Waals surface area contributed by atoms with E-state index in [1.165, 1.54) is 4.90 Å². The van der Waals surface area contributed by atoms with E-state index in [0.717, 1.165) is 11.1 Å². The molecule has 0 radical (unpaired) electrons. The number of benzene rings is 3. The molecule has 1 N–H and O–H groups in total. The van der Waals surface area contributed by atoms with Crippen LogP contribution in [-0.2, 0) is 20.9 Å². The van der Waals surface area contributed by atoms with Crippen LogP contribution in [0.1, 0.15) is 33.9 Å². The van der Waals surface area contributed by atoms with E-state index in [2.05, 4.69) is 5.32 Å². The standard InChI is InChI=1S/C27H28N2O5/c1-29(18-22-15-9-10-16-24(22)33-2)25(30)19-34-26(31)17-23(20-11-5-3-6-12-20)28-27(32)21-13-7-4-8-14-21/h3-16,23H,17-19H2,1-2H3,(H,28,32). The van der Waals surface area contributed by atoms with E-state index in [1.807, 2.05) is 60.7 Å². The van der Waals surface area contributed by atoms with Crippen molar-refractivity contribution in [3.63, 3.8) is 0 Å². The predicted molar refractivity (Wildman–Crippen MR) is 128 cm³/mol. The quantitative estimate of drug-likeness (QED) is 0.466. The first-order valence-electron chi connectivity index (χ1n) is 10.9. The third-order valence-electron chi connectivity index (χ3n) is 5.30. The fourth-order valence-electron chi connectivity index (χ4n) is 3.42. The van der Waals surface area contributed by atoms with Crippen molar-refractivity contribution in [2.24, 2.45) is 0 Å². The first-order chi connectivity index (χ1) is 16.5. The van der Waals surface area contributed by atoms with Gasteiger partial charge in [0.05, 0.1) is 19.6 Å². The lowest BCUT2D eigenvalue weighted by Gasteiger charge is -2.20. The molecule has 0 aliphatic heterocycles. The van der Waals surface area contributed by atoms with E-state index >= 15 is 0 Å². The zero-order valence-corrected chi connectivity index (χ0v) is 19.3. The van der Waals surface area contributed by atoms with Crippen LogP contribution in [0.3, 0.4) is 0 Å². The lowest BCUT2D eigenvalue weighted by Crippen LogP contribution is -2.33. The molecule has 0 aromatic heterocycles. The molecule has 3 aromatic rings. The smallest absolute Gasteiger partial charge is 0.308 e. The number of ether oxygens (including phenoxy) is 2. The molecule has 2 amide bonds. The van der Waals surface area contributed by atoms with Crippen LogP contribution in [0.4, 0.5) is 0 Å². The Kier molecular flexibility index (Phi) is 8.80. The second-order valence-corrected chi connectivity index (χ2v) is 7.73. The summed E-state index contributed by atoms with van der Waals surface area (Å²) in [5.41, 5.74) is 2.10. The lowest BCUT2D eigenvalue weighted by molar-refractivity contribution is -0.152. The van der Waals surface area contributed by atoms with E-state index in [0.29, 0.717) is 17.9 Å². The highest BCUT2D eigenvalue weighted by Gasteiger charge is 2.21. The minimum atomic E-state index is -0.595. The number of nitrogens with one attached hydrogen (secondary N) is 1. The zero-order valence-electron chi connectivity index (χ0n) is 19.3. The van der Waals surface area contributed by atoms with Crippen molar-refractivity contribution < 1.29 is 23.9 Å². The molecule has 3 rings (SSSR count). The number of esters is 1. The molecular weight excluding hydrogens is 432 g/mol. The molecule has 1 atom stereocenters. The molecule has 0 saturated heterocycles. The van der Waals surface area contributed by atoms with Crippen molar-refractivity contribution in [3.05, 3.63) is 102 Å². The van der Waals surface area contributed by atoms with Gasteiger partial charge in [0.15, 0.2) is 6.61 Å². The maximum absolute atomic E-state index is 12.7. The van der Waals surface area contributed by atoms with E-state index in [-0.39, 0.29) is 18.2 Å². The number of methoxy groups -OCH3 is 1. The van der Waals surface area contributed by atoms with Gasteiger partial charge in [-0.05, 0) is 23.8 Å². The Balaban J connectivity index is 1.58. The molecule has 0 heterocycles. The average Bonchev–Trinajstić information content (AvgIpc) is 2.88. The molecule has 0 spiro atoms. The molecule has 7 nitrogen and oxygen atoms in total. The van der Waals surface area contributed by atoms with Gasteiger partial charge in [0.2, 0.25) is 0 Å². The number of nitrogens with zero attached hydrogens (tertiary/aromatic N) is 1. The monoisotopic (exact) mass is 460 g/mol. The number of rotatable bonds is 10. The normalized spacial score (nSPS) is 11.2. The van der Waals surface area contributed by atoms with Crippen molar-refractivity contribution >= 4 is 17.8 Å². The van der Waals surface area contributed by atoms with Crippen LogP contribution in [-0.4, -0.2) is 43.4 Å². The van der Waals surface area contributed by atoms with Crippen molar-refractivity contribution in [1.82, 2.24) is 10.2 Å². The number of hydrogen-bond acceptors (Lipinski definition) is 5. The fourth-order valence-corrected chi connectivity index (χ4v) is 3.42. The Bertz CT molecular complexity index is 1100. The van der Waals surface area contributed by atoms with Crippen LogP contribution >= 0.6 is 0 Å². The van der Waals surface area contributed by atoms with Crippen LogP contribution in [0, 0.1) is 0 Å². The van der Waals surface area contributed by atoms with Crippen LogP contribution < -0.4 is 10.1 Å². The average molecular weight is 461 g/mol. The summed E-state index contributed by atoms with van der Waals surface area (Å²) >= 11 is 0. The second kappa shape index (κ2) is 12.2.